The Kier molecular flexibility index (Phi) is 4.14. The molecule has 0 atom stereocenters. The molecule has 1 heterocycles. The molecule has 2 rings (SSSR count). The molecule has 2 N–H and O–H groups in total. The van der Waals surface area contributed by atoms with Gasteiger partial charge >= 0.3 is 0 Å². The molecule has 20 heavy (non-hydrogen) atoms. The van der Waals surface area contributed by atoms with Gasteiger partial charge in [-0.05, 0) is 38.2 Å². The van der Waals surface area contributed by atoms with Crippen molar-refractivity contribution in [1.29, 1.82) is 0 Å². The Morgan fingerprint density at radius 2 is 2.00 bits per heavy atom. The fourth-order valence-corrected chi connectivity index (χ4v) is 2.71. The number of amides is 1. The first-order chi connectivity index (χ1) is 9.26. The fourth-order valence-electron chi connectivity index (χ4n) is 2.11. The molecule has 2 aromatic rings. The van der Waals surface area contributed by atoms with Crippen molar-refractivity contribution < 1.29 is 4.79 Å². The van der Waals surface area contributed by atoms with E-state index in [0.29, 0.717) is 21.4 Å². The predicted octanol–water partition coefficient (Wildman–Crippen LogP) is 3.78. The van der Waals surface area contributed by atoms with Crippen LogP contribution < -0.4 is 5.32 Å². The van der Waals surface area contributed by atoms with E-state index in [2.05, 4.69) is 10.3 Å². The standard InChI is InChI=1S/C13H15Cl2N3OS/c1-13(2,11(19)16-3)6-18-10-5-8(15)7(14)4-9(10)17-12(18)20/h4-5H,6H2,1-3H3,(H,16,19)(H,17,20). The minimum Gasteiger partial charge on any atom is -0.359 e. The number of carbonyl (C=O) groups excluding carboxylic acids is 1. The molecule has 0 unspecified atom stereocenters. The zero-order valence-corrected chi connectivity index (χ0v) is 13.7. The molecule has 0 aliphatic carbocycles. The van der Waals surface area contributed by atoms with Crippen molar-refractivity contribution in [3.63, 3.8) is 0 Å². The maximum Gasteiger partial charge on any atom is 0.227 e. The molecular formula is C13H15Cl2N3OS. The van der Waals surface area contributed by atoms with Crippen LogP contribution in [0.5, 0.6) is 0 Å². The number of H-pyrrole nitrogens is 1. The smallest absolute Gasteiger partial charge is 0.227 e. The van der Waals surface area contributed by atoms with Crippen LogP contribution in [0, 0.1) is 10.2 Å². The van der Waals surface area contributed by atoms with Gasteiger partial charge in [-0.2, -0.15) is 0 Å². The predicted molar refractivity (Wildman–Crippen MR) is 85.0 cm³/mol. The van der Waals surface area contributed by atoms with Crippen molar-refractivity contribution >= 4 is 52.4 Å². The molecule has 1 aromatic heterocycles. The lowest BCUT2D eigenvalue weighted by molar-refractivity contribution is -0.129. The number of hydrogen-bond acceptors (Lipinski definition) is 2. The summed E-state index contributed by atoms with van der Waals surface area (Å²) in [7, 11) is 1.62. The van der Waals surface area contributed by atoms with Crippen LogP contribution in [0.15, 0.2) is 12.1 Å². The van der Waals surface area contributed by atoms with Crippen molar-refractivity contribution in [3.8, 4) is 0 Å². The molecule has 4 nitrogen and oxygen atoms in total. The second-order valence-corrected chi connectivity index (χ2v) is 6.46. The summed E-state index contributed by atoms with van der Waals surface area (Å²) in [6, 6.07) is 3.49. The Balaban J connectivity index is 2.55. The number of carbonyl (C=O) groups is 1. The quantitative estimate of drug-likeness (QED) is 0.841. The largest absolute Gasteiger partial charge is 0.359 e. The van der Waals surface area contributed by atoms with E-state index in [9.17, 15) is 4.79 Å². The topological polar surface area (TPSA) is 49.8 Å². The van der Waals surface area contributed by atoms with Gasteiger partial charge in [-0.15, -0.1) is 0 Å². The summed E-state index contributed by atoms with van der Waals surface area (Å²) in [6.07, 6.45) is 0. The first kappa shape index (κ1) is 15.4. The van der Waals surface area contributed by atoms with Crippen LogP contribution in [0.1, 0.15) is 13.8 Å². The minimum atomic E-state index is -0.589. The molecule has 0 saturated heterocycles. The average molecular weight is 332 g/mol. The van der Waals surface area contributed by atoms with Gasteiger partial charge in [0.2, 0.25) is 5.91 Å². The fraction of sp³-hybridized carbons (Fsp3) is 0.385. The van der Waals surface area contributed by atoms with Gasteiger partial charge in [0.05, 0.1) is 26.5 Å². The summed E-state index contributed by atoms with van der Waals surface area (Å²) < 4.78 is 2.40. The molecule has 1 aromatic carbocycles. The van der Waals surface area contributed by atoms with E-state index < -0.39 is 5.41 Å². The first-order valence-electron chi connectivity index (χ1n) is 6.06. The third kappa shape index (κ3) is 2.71. The van der Waals surface area contributed by atoms with Gasteiger partial charge in [-0.1, -0.05) is 23.2 Å². The summed E-state index contributed by atoms with van der Waals surface area (Å²) in [5.41, 5.74) is 1.05. The number of benzene rings is 1. The zero-order chi connectivity index (χ0) is 15.1. The van der Waals surface area contributed by atoms with Crippen LogP contribution >= 0.6 is 35.4 Å². The van der Waals surface area contributed by atoms with Crippen LogP contribution in [-0.4, -0.2) is 22.5 Å². The van der Waals surface area contributed by atoms with E-state index in [1.165, 1.54) is 0 Å². The Morgan fingerprint density at radius 3 is 2.60 bits per heavy atom. The first-order valence-corrected chi connectivity index (χ1v) is 7.22. The molecule has 0 aliphatic heterocycles. The van der Waals surface area contributed by atoms with Crippen LogP contribution in [0.25, 0.3) is 11.0 Å². The number of rotatable bonds is 3. The number of halogens is 2. The van der Waals surface area contributed by atoms with Gasteiger partial charge in [0.15, 0.2) is 4.77 Å². The zero-order valence-electron chi connectivity index (χ0n) is 11.4. The van der Waals surface area contributed by atoms with Gasteiger partial charge in [0.1, 0.15) is 0 Å². The number of nitrogens with one attached hydrogen (secondary N) is 2. The van der Waals surface area contributed by atoms with E-state index in [4.69, 9.17) is 35.4 Å². The Morgan fingerprint density at radius 1 is 1.40 bits per heavy atom. The second-order valence-electron chi connectivity index (χ2n) is 5.26. The summed E-state index contributed by atoms with van der Waals surface area (Å²) in [6.45, 7) is 4.18. The highest BCUT2D eigenvalue weighted by atomic mass is 35.5. The Hall–Kier alpha value is -1.04. The van der Waals surface area contributed by atoms with Crippen molar-refractivity contribution in [2.45, 2.75) is 20.4 Å². The monoisotopic (exact) mass is 331 g/mol. The summed E-state index contributed by atoms with van der Waals surface area (Å²) >= 11 is 17.4. The molecular weight excluding hydrogens is 317 g/mol. The normalized spacial score (nSPS) is 11.8. The Bertz CT molecular complexity index is 733. The number of aromatic nitrogens is 2. The maximum atomic E-state index is 11.9. The van der Waals surface area contributed by atoms with Crippen molar-refractivity contribution in [1.82, 2.24) is 14.9 Å². The minimum absolute atomic E-state index is 0.0474. The molecule has 1 amide bonds. The van der Waals surface area contributed by atoms with Crippen LogP contribution in [-0.2, 0) is 11.3 Å². The third-order valence-corrected chi connectivity index (χ3v) is 4.26. The van der Waals surface area contributed by atoms with Crippen molar-refractivity contribution in [2.24, 2.45) is 5.41 Å². The highest BCUT2D eigenvalue weighted by molar-refractivity contribution is 7.71. The van der Waals surface area contributed by atoms with Crippen LogP contribution in [0.3, 0.4) is 0 Å². The molecule has 7 heteroatoms. The number of hydrogen-bond donors (Lipinski definition) is 2. The lowest BCUT2D eigenvalue weighted by Gasteiger charge is -2.23. The van der Waals surface area contributed by atoms with Crippen molar-refractivity contribution in [2.75, 3.05) is 7.05 Å². The molecule has 0 aliphatic rings. The molecule has 0 bridgehead atoms. The van der Waals surface area contributed by atoms with Crippen LogP contribution in [0.2, 0.25) is 10.0 Å². The molecule has 0 spiro atoms. The number of fused-ring (bicyclic) bond motifs is 1. The third-order valence-electron chi connectivity index (χ3n) is 3.21. The highest BCUT2D eigenvalue weighted by Crippen LogP contribution is 2.29. The highest BCUT2D eigenvalue weighted by Gasteiger charge is 2.28. The lowest BCUT2D eigenvalue weighted by Crippen LogP contribution is -2.37. The van der Waals surface area contributed by atoms with Gasteiger partial charge in [-0.25, -0.2) is 0 Å². The SMILES string of the molecule is CNC(=O)C(C)(C)Cn1c(=S)[nH]c2cc(Cl)c(Cl)cc21. The van der Waals surface area contributed by atoms with Gasteiger partial charge < -0.3 is 14.9 Å². The molecule has 0 saturated carbocycles. The van der Waals surface area contributed by atoms with E-state index >= 15 is 0 Å². The van der Waals surface area contributed by atoms with Gasteiger partial charge in [0, 0.05) is 13.6 Å². The number of aromatic amines is 1. The van der Waals surface area contributed by atoms with E-state index in [1.54, 1.807) is 19.2 Å². The van der Waals surface area contributed by atoms with Crippen molar-refractivity contribution in [3.05, 3.63) is 26.9 Å². The summed E-state index contributed by atoms with van der Waals surface area (Å²) in [5, 5.41) is 3.59. The maximum absolute atomic E-state index is 11.9. The van der Waals surface area contributed by atoms with E-state index in [1.807, 2.05) is 18.4 Å². The number of nitrogens with zero attached hydrogens (tertiary/aromatic N) is 1. The van der Waals surface area contributed by atoms with E-state index in [-0.39, 0.29) is 5.91 Å². The van der Waals surface area contributed by atoms with Gasteiger partial charge in [0.25, 0.3) is 0 Å². The van der Waals surface area contributed by atoms with E-state index in [0.717, 1.165) is 11.0 Å². The molecule has 0 fully saturated rings. The second kappa shape index (κ2) is 5.39. The number of imidazole rings is 1. The Labute approximate surface area is 132 Å². The molecule has 108 valence electrons. The average Bonchev–Trinajstić information content (AvgIpc) is 2.65. The lowest BCUT2D eigenvalue weighted by atomic mass is 9.92. The molecule has 0 radical (unpaired) electrons. The summed E-state index contributed by atoms with van der Waals surface area (Å²) in [4.78, 5) is 15.0. The summed E-state index contributed by atoms with van der Waals surface area (Å²) in [5.74, 6) is -0.0474. The van der Waals surface area contributed by atoms with Crippen LogP contribution in [0.4, 0.5) is 0 Å². The van der Waals surface area contributed by atoms with Gasteiger partial charge in [-0.3, -0.25) is 4.79 Å².